The predicted octanol–water partition coefficient (Wildman–Crippen LogP) is 3.31. The molecule has 98 valence electrons. The molecule has 0 saturated carbocycles. The Labute approximate surface area is 121 Å². The van der Waals surface area contributed by atoms with E-state index >= 15 is 0 Å². The van der Waals surface area contributed by atoms with Crippen molar-refractivity contribution in [2.75, 3.05) is 7.11 Å². The number of methoxy groups -OCH3 is 1. The van der Waals surface area contributed by atoms with Crippen molar-refractivity contribution < 1.29 is 9.66 Å². The summed E-state index contributed by atoms with van der Waals surface area (Å²) in [6.45, 7) is 0. The zero-order valence-corrected chi connectivity index (χ0v) is 12.1. The van der Waals surface area contributed by atoms with Crippen molar-refractivity contribution in [3.63, 3.8) is 0 Å². The van der Waals surface area contributed by atoms with Crippen LogP contribution >= 0.6 is 27.7 Å². The second-order valence-corrected chi connectivity index (χ2v) is 5.20. The van der Waals surface area contributed by atoms with Crippen LogP contribution in [0.1, 0.15) is 0 Å². The predicted molar refractivity (Wildman–Crippen MR) is 73.5 cm³/mol. The average molecular weight is 342 g/mol. The van der Waals surface area contributed by atoms with Crippen molar-refractivity contribution in [3.8, 4) is 5.88 Å². The summed E-state index contributed by atoms with van der Waals surface area (Å²) in [4.78, 5) is 19.2. The molecule has 0 aliphatic rings. The molecule has 0 fully saturated rings. The average Bonchev–Trinajstić information content (AvgIpc) is 2.41. The van der Waals surface area contributed by atoms with Crippen LogP contribution in [0.2, 0.25) is 0 Å². The van der Waals surface area contributed by atoms with Crippen LogP contribution in [-0.2, 0) is 0 Å². The Morgan fingerprint density at radius 3 is 2.84 bits per heavy atom. The summed E-state index contributed by atoms with van der Waals surface area (Å²) in [6, 6.07) is 6.44. The summed E-state index contributed by atoms with van der Waals surface area (Å²) < 4.78 is 5.68. The van der Waals surface area contributed by atoms with Crippen molar-refractivity contribution in [3.05, 3.63) is 45.0 Å². The van der Waals surface area contributed by atoms with E-state index in [2.05, 4.69) is 25.9 Å². The topological polar surface area (TPSA) is 78.2 Å². The SMILES string of the molecule is COc1nc(Sc2ccccc2[N+](=O)[O-])ncc1Br. The molecule has 0 radical (unpaired) electrons. The van der Waals surface area contributed by atoms with Gasteiger partial charge in [-0.3, -0.25) is 10.1 Å². The first kappa shape index (κ1) is 13.8. The van der Waals surface area contributed by atoms with Gasteiger partial charge in [0, 0.05) is 12.3 Å². The molecule has 1 aromatic carbocycles. The lowest BCUT2D eigenvalue weighted by Gasteiger charge is -2.04. The molecule has 0 aliphatic carbocycles. The number of para-hydroxylation sites is 1. The van der Waals surface area contributed by atoms with Gasteiger partial charge in [0.25, 0.3) is 5.69 Å². The number of nitro benzene ring substituents is 1. The Kier molecular flexibility index (Phi) is 4.33. The number of rotatable bonds is 4. The minimum absolute atomic E-state index is 0.0259. The Morgan fingerprint density at radius 1 is 1.42 bits per heavy atom. The first-order chi connectivity index (χ1) is 9.11. The number of hydrogen-bond donors (Lipinski definition) is 0. The van der Waals surface area contributed by atoms with Crippen molar-refractivity contribution in [2.45, 2.75) is 10.1 Å². The summed E-state index contributed by atoms with van der Waals surface area (Å²) in [6.07, 6.45) is 1.54. The van der Waals surface area contributed by atoms with Crippen molar-refractivity contribution >= 4 is 33.4 Å². The van der Waals surface area contributed by atoms with E-state index in [1.807, 2.05) is 0 Å². The fourth-order valence-corrected chi connectivity index (χ4v) is 2.50. The van der Waals surface area contributed by atoms with E-state index < -0.39 is 4.92 Å². The summed E-state index contributed by atoms with van der Waals surface area (Å²) in [5.41, 5.74) is 0.0259. The van der Waals surface area contributed by atoms with Gasteiger partial charge in [-0.15, -0.1) is 0 Å². The van der Waals surface area contributed by atoms with Gasteiger partial charge in [0.05, 0.1) is 21.4 Å². The first-order valence-corrected chi connectivity index (χ1v) is 6.70. The summed E-state index contributed by atoms with van der Waals surface area (Å²) >= 11 is 4.36. The van der Waals surface area contributed by atoms with Crippen LogP contribution in [0.5, 0.6) is 5.88 Å². The smallest absolute Gasteiger partial charge is 0.283 e. The van der Waals surface area contributed by atoms with Crippen LogP contribution in [0, 0.1) is 10.1 Å². The molecule has 0 N–H and O–H groups in total. The number of hydrogen-bond acceptors (Lipinski definition) is 6. The molecule has 8 heteroatoms. The number of aromatic nitrogens is 2. The van der Waals surface area contributed by atoms with Gasteiger partial charge in [-0.05, 0) is 33.8 Å². The second-order valence-electron chi connectivity index (χ2n) is 3.34. The van der Waals surface area contributed by atoms with Gasteiger partial charge in [-0.2, -0.15) is 4.98 Å². The quantitative estimate of drug-likeness (QED) is 0.482. The maximum atomic E-state index is 10.9. The maximum absolute atomic E-state index is 10.9. The fraction of sp³-hybridized carbons (Fsp3) is 0.0909. The van der Waals surface area contributed by atoms with E-state index in [0.29, 0.717) is 20.4 Å². The Balaban J connectivity index is 2.34. The number of halogens is 1. The monoisotopic (exact) mass is 341 g/mol. The lowest BCUT2D eigenvalue weighted by molar-refractivity contribution is -0.387. The van der Waals surface area contributed by atoms with Gasteiger partial charge in [0.2, 0.25) is 5.88 Å². The molecule has 19 heavy (non-hydrogen) atoms. The first-order valence-electron chi connectivity index (χ1n) is 5.09. The van der Waals surface area contributed by atoms with Crippen LogP contribution in [0.3, 0.4) is 0 Å². The standard InChI is InChI=1S/C11H8BrN3O3S/c1-18-10-7(12)6-13-11(14-10)19-9-5-3-2-4-8(9)15(16)17/h2-6H,1H3. The van der Waals surface area contributed by atoms with Gasteiger partial charge in [0.1, 0.15) is 0 Å². The van der Waals surface area contributed by atoms with Gasteiger partial charge in [0.15, 0.2) is 5.16 Å². The lowest BCUT2D eigenvalue weighted by atomic mass is 10.3. The van der Waals surface area contributed by atoms with Gasteiger partial charge in [-0.1, -0.05) is 12.1 Å². The molecule has 1 heterocycles. The van der Waals surface area contributed by atoms with E-state index in [4.69, 9.17) is 4.74 Å². The summed E-state index contributed by atoms with van der Waals surface area (Å²) in [5.74, 6) is 0.385. The Hall–Kier alpha value is -1.67. The highest BCUT2D eigenvalue weighted by atomic mass is 79.9. The highest BCUT2D eigenvalue weighted by Gasteiger charge is 2.15. The summed E-state index contributed by atoms with van der Waals surface area (Å²) in [5, 5.41) is 11.3. The van der Waals surface area contributed by atoms with Crippen LogP contribution in [-0.4, -0.2) is 22.0 Å². The zero-order valence-electron chi connectivity index (χ0n) is 9.74. The van der Waals surface area contributed by atoms with E-state index in [1.165, 1.54) is 13.2 Å². The molecule has 6 nitrogen and oxygen atoms in total. The van der Waals surface area contributed by atoms with Crippen molar-refractivity contribution in [1.29, 1.82) is 0 Å². The van der Waals surface area contributed by atoms with E-state index in [-0.39, 0.29) is 5.69 Å². The molecule has 0 bridgehead atoms. The van der Waals surface area contributed by atoms with Gasteiger partial charge < -0.3 is 4.74 Å². The highest BCUT2D eigenvalue weighted by Crippen LogP contribution is 2.34. The van der Waals surface area contributed by atoms with Crippen LogP contribution in [0.25, 0.3) is 0 Å². The number of nitro groups is 1. The van der Waals surface area contributed by atoms with Crippen molar-refractivity contribution in [1.82, 2.24) is 9.97 Å². The largest absolute Gasteiger partial charge is 0.480 e. The van der Waals surface area contributed by atoms with Crippen molar-refractivity contribution in [2.24, 2.45) is 0 Å². The van der Waals surface area contributed by atoms with Crippen LogP contribution in [0.15, 0.2) is 45.0 Å². The van der Waals surface area contributed by atoms with E-state index in [1.54, 1.807) is 24.4 Å². The van der Waals surface area contributed by atoms with E-state index in [9.17, 15) is 10.1 Å². The van der Waals surface area contributed by atoms with Crippen LogP contribution < -0.4 is 4.74 Å². The normalized spacial score (nSPS) is 10.2. The minimum Gasteiger partial charge on any atom is -0.480 e. The number of benzene rings is 1. The second kappa shape index (κ2) is 5.98. The fourth-order valence-electron chi connectivity index (χ4n) is 1.32. The molecule has 2 aromatic rings. The minimum atomic E-state index is -0.432. The number of ether oxygens (including phenoxy) is 1. The van der Waals surface area contributed by atoms with E-state index in [0.717, 1.165) is 11.8 Å². The number of nitrogens with zero attached hydrogens (tertiary/aromatic N) is 3. The summed E-state index contributed by atoms with van der Waals surface area (Å²) in [7, 11) is 1.49. The van der Waals surface area contributed by atoms with Gasteiger partial charge >= 0.3 is 0 Å². The molecule has 0 amide bonds. The molecule has 0 saturated heterocycles. The molecular weight excluding hydrogens is 334 g/mol. The maximum Gasteiger partial charge on any atom is 0.283 e. The lowest BCUT2D eigenvalue weighted by Crippen LogP contribution is -1.94. The highest BCUT2D eigenvalue weighted by molar-refractivity contribution is 9.10. The Bertz CT molecular complexity index is 624. The molecule has 0 aliphatic heterocycles. The zero-order chi connectivity index (χ0) is 13.8. The third kappa shape index (κ3) is 3.21. The molecule has 0 unspecified atom stereocenters. The molecule has 2 rings (SSSR count). The van der Waals surface area contributed by atoms with Crippen LogP contribution in [0.4, 0.5) is 5.69 Å². The molecule has 0 atom stereocenters. The molecule has 0 spiro atoms. The molecular formula is C11H8BrN3O3S. The third-order valence-corrected chi connectivity index (χ3v) is 3.63. The molecule has 1 aromatic heterocycles. The Morgan fingerprint density at radius 2 is 2.16 bits per heavy atom. The third-order valence-electron chi connectivity index (χ3n) is 2.15. The van der Waals surface area contributed by atoms with Gasteiger partial charge in [-0.25, -0.2) is 4.98 Å².